The highest BCUT2D eigenvalue weighted by Gasteiger charge is 2.02. The lowest BCUT2D eigenvalue weighted by Gasteiger charge is -2.08. The van der Waals surface area contributed by atoms with Gasteiger partial charge in [0.25, 0.3) is 0 Å². The molecule has 0 unspecified atom stereocenters. The Kier molecular flexibility index (Phi) is 12.6. The molecule has 0 N–H and O–H groups in total. The van der Waals surface area contributed by atoms with Crippen LogP contribution in [0.3, 0.4) is 0 Å². The predicted molar refractivity (Wildman–Crippen MR) is 132 cm³/mol. The maximum atomic E-state index is 4.03. The van der Waals surface area contributed by atoms with Gasteiger partial charge in [0, 0.05) is 0 Å². The quantitative estimate of drug-likeness (QED) is 0.456. The number of hydrogen-bond acceptors (Lipinski definition) is 0. The Balaban J connectivity index is 0.00000171. The van der Waals surface area contributed by atoms with Crippen LogP contribution in [-0.4, -0.2) is 0 Å². The van der Waals surface area contributed by atoms with Gasteiger partial charge in [0.05, 0.1) is 0 Å². The second kappa shape index (κ2) is 13.8. The van der Waals surface area contributed by atoms with Gasteiger partial charge in [-0.05, 0) is 66.2 Å². The summed E-state index contributed by atoms with van der Waals surface area (Å²) in [6.45, 7) is 22.9. The second-order valence-corrected chi connectivity index (χ2v) is 6.84. The Hall–Kier alpha value is -2.34. The summed E-state index contributed by atoms with van der Waals surface area (Å²) < 4.78 is 0. The van der Waals surface area contributed by atoms with Crippen LogP contribution in [0.2, 0.25) is 0 Å². The van der Waals surface area contributed by atoms with Crippen molar-refractivity contribution in [2.75, 3.05) is 0 Å². The number of rotatable bonds is 5. The Labute approximate surface area is 174 Å². The summed E-state index contributed by atoms with van der Waals surface area (Å²) in [6.07, 6.45) is 4.41. The Bertz CT molecular complexity index is 785. The van der Waals surface area contributed by atoms with Crippen molar-refractivity contribution in [2.45, 2.75) is 68.2 Å². The van der Waals surface area contributed by atoms with Crippen molar-refractivity contribution in [1.29, 1.82) is 0 Å². The molecular formula is C28H40. The molecule has 0 radical (unpaired) electrons. The predicted octanol–water partition coefficient (Wildman–Crippen LogP) is 9.40. The molecule has 0 amide bonds. The topological polar surface area (TPSA) is 0 Å². The lowest BCUT2D eigenvalue weighted by molar-refractivity contribution is 0.866. The lowest BCUT2D eigenvalue weighted by atomic mass is 9.97. The van der Waals surface area contributed by atoms with Crippen LogP contribution in [0.15, 0.2) is 67.3 Å². The highest BCUT2D eigenvalue weighted by Crippen LogP contribution is 2.23. The fourth-order valence-electron chi connectivity index (χ4n) is 2.62. The zero-order valence-corrected chi connectivity index (χ0v) is 19.6. The van der Waals surface area contributed by atoms with Crippen molar-refractivity contribution in [3.05, 3.63) is 89.5 Å². The molecule has 0 spiro atoms. The van der Waals surface area contributed by atoms with Crippen LogP contribution < -0.4 is 0 Å². The van der Waals surface area contributed by atoms with Crippen LogP contribution in [0.25, 0.3) is 16.7 Å². The van der Waals surface area contributed by atoms with Crippen molar-refractivity contribution in [3.8, 4) is 0 Å². The van der Waals surface area contributed by atoms with Crippen LogP contribution >= 0.6 is 0 Å². The fraction of sp³-hybridized carbons (Fsp3) is 0.357. The van der Waals surface area contributed by atoms with Crippen LogP contribution in [-0.2, 0) is 0 Å². The zero-order valence-electron chi connectivity index (χ0n) is 19.6. The summed E-state index contributed by atoms with van der Waals surface area (Å²) in [7, 11) is 0. The molecule has 0 aliphatic carbocycles. The highest BCUT2D eigenvalue weighted by molar-refractivity contribution is 5.73. The summed E-state index contributed by atoms with van der Waals surface area (Å²) in [5.74, 6) is 0.555. The van der Waals surface area contributed by atoms with E-state index in [1.54, 1.807) is 0 Å². The van der Waals surface area contributed by atoms with Crippen LogP contribution in [0.1, 0.15) is 90.5 Å². The second-order valence-electron chi connectivity index (χ2n) is 6.84. The van der Waals surface area contributed by atoms with Crippen molar-refractivity contribution in [1.82, 2.24) is 0 Å². The van der Waals surface area contributed by atoms with Crippen LogP contribution in [0, 0.1) is 0 Å². The largest absolute Gasteiger partial charge is 0.0955 e. The molecule has 0 nitrogen and oxygen atoms in total. The average Bonchev–Trinajstić information content (AvgIpc) is 2.74. The smallest absolute Gasteiger partial charge is 0.0219 e. The minimum Gasteiger partial charge on any atom is -0.0955 e. The first-order chi connectivity index (χ1) is 13.4. The molecule has 0 saturated heterocycles. The molecule has 0 heterocycles. The van der Waals surface area contributed by atoms with Gasteiger partial charge in [0.15, 0.2) is 0 Å². The normalized spacial score (nSPS) is 11.2. The van der Waals surface area contributed by atoms with E-state index in [1.165, 1.54) is 33.4 Å². The summed E-state index contributed by atoms with van der Waals surface area (Å²) >= 11 is 0. The van der Waals surface area contributed by atoms with Crippen molar-refractivity contribution >= 4 is 16.7 Å². The zero-order chi connectivity index (χ0) is 21.7. The van der Waals surface area contributed by atoms with E-state index < -0.39 is 0 Å². The van der Waals surface area contributed by atoms with E-state index in [4.69, 9.17) is 0 Å². The monoisotopic (exact) mass is 376 g/mol. The van der Waals surface area contributed by atoms with E-state index in [-0.39, 0.29) is 0 Å². The van der Waals surface area contributed by atoms with E-state index in [0.717, 1.165) is 5.57 Å². The first kappa shape index (κ1) is 25.7. The maximum absolute atomic E-state index is 4.03. The minimum atomic E-state index is 0.555. The third-order valence-corrected chi connectivity index (χ3v) is 4.40. The number of benzene rings is 2. The Morgan fingerprint density at radius 2 is 1.14 bits per heavy atom. The van der Waals surface area contributed by atoms with Gasteiger partial charge >= 0.3 is 0 Å². The fourth-order valence-corrected chi connectivity index (χ4v) is 2.62. The van der Waals surface area contributed by atoms with Gasteiger partial charge in [-0.3, -0.25) is 0 Å². The molecule has 2 aromatic rings. The SMILES string of the molecule is C=C(C)c1cccc(/C(C)=C/C=C(\C)c2cccc(C(C)C)c2)c1.CC.CC. The lowest BCUT2D eigenvalue weighted by Crippen LogP contribution is -1.89. The first-order valence-corrected chi connectivity index (χ1v) is 10.6. The molecule has 0 bridgehead atoms. The standard InChI is InChI=1S/C24H28.2C2H6/c1-17(2)21-9-7-11-23(15-21)19(5)13-14-20(6)24-12-8-10-22(16-24)18(3)4;2*1-2/h7-16,18H,1H2,2-6H3;2*1-2H3/b19-13+,20-14+;;. The Morgan fingerprint density at radius 1 is 0.714 bits per heavy atom. The molecular weight excluding hydrogens is 336 g/mol. The summed E-state index contributed by atoms with van der Waals surface area (Å²) in [6, 6.07) is 17.4. The molecule has 0 aliphatic rings. The molecule has 0 heteroatoms. The summed E-state index contributed by atoms with van der Waals surface area (Å²) in [4.78, 5) is 0. The van der Waals surface area contributed by atoms with Gasteiger partial charge in [-0.15, -0.1) is 0 Å². The summed E-state index contributed by atoms with van der Waals surface area (Å²) in [5.41, 5.74) is 8.77. The van der Waals surface area contributed by atoms with Crippen molar-refractivity contribution in [3.63, 3.8) is 0 Å². The van der Waals surface area contributed by atoms with E-state index in [1.807, 2.05) is 34.6 Å². The first-order valence-electron chi connectivity index (χ1n) is 10.6. The minimum absolute atomic E-state index is 0.555. The molecule has 2 rings (SSSR count). The molecule has 0 aliphatic heterocycles. The van der Waals surface area contributed by atoms with Gasteiger partial charge in [0.2, 0.25) is 0 Å². The summed E-state index contributed by atoms with van der Waals surface area (Å²) in [5, 5.41) is 0. The molecule has 0 saturated carbocycles. The highest BCUT2D eigenvalue weighted by atomic mass is 14.1. The van der Waals surface area contributed by atoms with E-state index in [9.17, 15) is 0 Å². The molecule has 0 atom stereocenters. The van der Waals surface area contributed by atoms with Crippen LogP contribution in [0.4, 0.5) is 0 Å². The van der Waals surface area contributed by atoms with Gasteiger partial charge in [0.1, 0.15) is 0 Å². The van der Waals surface area contributed by atoms with E-state index in [2.05, 4.69) is 95.0 Å². The number of allylic oxidation sites excluding steroid dienone is 5. The number of hydrogen-bond donors (Lipinski definition) is 0. The average molecular weight is 377 g/mol. The van der Waals surface area contributed by atoms with Gasteiger partial charge in [-0.25, -0.2) is 0 Å². The van der Waals surface area contributed by atoms with Crippen molar-refractivity contribution < 1.29 is 0 Å². The molecule has 2 aromatic carbocycles. The molecule has 0 fully saturated rings. The molecule has 152 valence electrons. The third-order valence-electron chi connectivity index (χ3n) is 4.40. The van der Waals surface area contributed by atoms with Gasteiger partial charge < -0.3 is 0 Å². The third kappa shape index (κ3) is 8.13. The van der Waals surface area contributed by atoms with Gasteiger partial charge in [-0.2, -0.15) is 0 Å². The van der Waals surface area contributed by atoms with E-state index >= 15 is 0 Å². The molecule has 28 heavy (non-hydrogen) atoms. The van der Waals surface area contributed by atoms with Crippen molar-refractivity contribution in [2.24, 2.45) is 0 Å². The maximum Gasteiger partial charge on any atom is -0.0219 e. The van der Waals surface area contributed by atoms with Crippen LogP contribution in [0.5, 0.6) is 0 Å². The van der Waals surface area contributed by atoms with Gasteiger partial charge in [-0.1, -0.05) is 108 Å². The van der Waals surface area contributed by atoms with E-state index in [0.29, 0.717) is 5.92 Å². The Morgan fingerprint density at radius 3 is 1.61 bits per heavy atom. The molecule has 0 aromatic heterocycles.